The van der Waals surface area contributed by atoms with Crippen molar-refractivity contribution in [2.45, 2.75) is 58.1 Å². The first-order chi connectivity index (χ1) is 9.85. The Morgan fingerprint density at radius 1 is 1.43 bits per heavy atom. The largest absolute Gasteiger partial charge is 0.388 e. The van der Waals surface area contributed by atoms with Crippen molar-refractivity contribution in [3.63, 3.8) is 0 Å². The second-order valence-corrected chi connectivity index (χ2v) is 6.78. The van der Waals surface area contributed by atoms with E-state index in [-0.39, 0.29) is 18.4 Å². The highest BCUT2D eigenvalue weighted by Gasteiger charge is 2.27. The maximum absolute atomic E-state index is 13.1. The van der Waals surface area contributed by atoms with Crippen molar-refractivity contribution >= 4 is 5.91 Å². The van der Waals surface area contributed by atoms with E-state index in [2.05, 4.69) is 19.2 Å². The van der Waals surface area contributed by atoms with Crippen LogP contribution in [0.3, 0.4) is 0 Å². The van der Waals surface area contributed by atoms with Crippen LogP contribution in [0.4, 0.5) is 4.39 Å². The zero-order chi connectivity index (χ0) is 15.5. The number of amides is 1. The second kappa shape index (κ2) is 6.56. The lowest BCUT2D eigenvalue weighted by atomic mass is 9.75. The number of aliphatic hydroxyl groups is 1. The molecule has 0 bridgehead atoms. The monoisotopic (exact) mass is 293 g/mol. The molecule has 1 amide bonds. The highest BCUT2D eigenvalue weighted by atomic mass is 19.1. The summed E-state index contributed by atoms with van der Waals surface area (Å²) in [6.07, 6.45) is 3.18. The van der Waals surface area contributed by atoms with Gasteiger partial charge >= 0.3 is 0 Å². The third-order valence-electron chi connectivity index (χ3n) is 4.32. The average molecular weight is 293 g/mol. The molecule has 0 radical (unpaired) electrons. The predicted molar refractivity (Wildman–Crippen MR) is 80.2 cm³/mol. The molecule has 4 heteroatoms. The van der Waals surface area contributed by atoms with Gasteiger partial charge in [-0.05, 0) is 48.8 Å². The Hall–Kier alpha value is -1.42. The predicted octanol–water partition coefficient (Wildman–Crippen LogP) is 3.33. The normalized spacial score (nSPS) is 20.0. The minimum absolute atomic E-state index is 0.0245. The smallest absolute Gasteiger partial charge is 0.223 e. The van der Waals surface area contributed by atoms with E-state index >= 15 is 0 Å². The van der Waals surface area contributed by atoms with Crippen LogP contribution in [0.5, 0.6) is 0 Å². The lowest BCUT2D eigenvalue weighted by Crippen LogP contribution is -2.39. The number of benzene rings is 1. The highest BCUT2D eigenvalue weighted by Crippen LogP contribution is 2.35. The third kappa shape index (κ3) is 4.81. The molecule has 1 saturated carbocycles. The third-order valence-corrected chi connectivity index (χ3v) is 4.32. The summed E-state index contributed by atoms with van der Waals surface area (Å²) in [5, 5.41) is 13.0. The van der Waals surface area contributed by atoms with E-state index in [4.69, 9.17) is 0 Å². The SMILES string of the molecule is CC1(C)CCC(NC(=O)CC(O)c2cccc(F)c2)CC1. The summed E-state index contributed by atoms with van der Waals surface area (Å²) in [4.78, 5) is 12.0. The van der Waals surface area contributed by atoms with Crippen molar-refractivity contribution in [1.29, 1.82) is 0 Å². The number of carbonyl (C=O) groups excluding carboxylic acids is 1. The number of aliphatic hydroxyl groups excluding tert-OH is 1. The van der Waals surface area contributed by atoms with E-state index in [0.717, 1.165) is 25.7 Å². The number of hydrogen-bond acceptors (Lipinski definition) is 2. The van der Waals surface area contributed by atoms with Crippen LogP contribution in [-0.4, -0.2) is 17.1 Å². The molecule has 0 saturated heterocycles. The van der Waals surface area contributed by atoms with Crippen LogP contribution in [0, 0.1) is 11.2 Å². The van der Waals surface area contributed by atoms with Gasteiger partial charge in [0.15, 0.2) is 0 Å². The van der Waals surface area contributed by atoms with Crippen LogP contribution in [0.25, 0.3) is 0 Å². The molecule has 2 N–H and O–H groups in total. The standard InChI is InChI=1S/C17H24FNO2/c1-17(2)8-6-14(7-9-17)19-16(21)11-15(20)12-4-3-5-13(18)10-12/h3-5,10,14-15,20H,6-9,11H2,1-2H3,(H,19,21). The number of rotatable bonds is 4. The first kappa shape index (κ1) is 16.0. The Labute approximate surface area is 125 Å². The molecule has 0 aliphatic heterocycles. The fraction of sp³-hybridized carbons (Fsp3) is 0.588. The van der Waals surface area contributed by atoms with E-state index in [1.165, 1.54) is 18.2 Å². The molecule has 0 spiro atoms. The highest BCUT2D eigenvalue weighted by molar-refractivity contribution is 5.77. The van der Waals surface area contributed by atoms with Crippen LogP contribution >= 0.6 is 0 Å². The average Bonchev–Trinajstić information content (AvgIpc) is 2.41. The zero-order valence-electron chi connectivity index (χ0n) is 12.7. The molecule has 1 aromatic rings. The van der Waals surface area contributed by atoms with Gasteiger partial charge in [-0.1, -0.05) is 26.0 Å². The van der Waals surface area contributed by atoms with Gasteiger partial charge in [0.05, 0.1) is 12.5 Å². The van der Waals surface area contributed by atoms with Crippen LogP contribution in [0.2, 0.25) is 0 Å². The maximum atomic E-state index is 13.1. The number of carbonyl (C=O) groups is 1. The molecule has 3 nitrogen and oxygen atoms in total. The lowest BCUT2D eigenvalue weighted by Gasteiger charge is -2.34. The second-order valence-electron chi connectivity index (χ2n) is 6.78. The molecule has 1 aromatic carbocycles. The Balaban J connectivity index is 1.82. The summed E-state index contributed by atoms with van der Waals surface area (Å²) in [7, 11) is 0. The molecule has 1 aliphatic rings. The Morgan fingerprint density at radius 3 is 2.71 bits per heavy atom. The van der Waals surface area contributed by atoms with E-state index in [1.807, 2.05) is 0 Å². The van der Waals surface area contributed by atoms with E-state index in [0.29, 0.717) is 11.0 Å². The van der Waals surface area contributed by atoms with Crippen molar-refractivity contribution < 1.29 is 14.3 Å². The van der Waals surface area contributed by atoms with Gasteiger partial charge in [-0.2, -0.15) is 0 Å². The minimum Gasteiger partial charge on any atom is -0.388 e. The van der Waals surface area contributed by atoms with Gasteiger partial charge < -0.3 is 10.4 Å². The molecule has 1 aliphatic carbocycles. The molecule has 1 fully saturated rings. The van der Waals surface area contributed by atoms with Crippen LogP contribution < -0.4 is 5.32 Å². The van der Waals surface area contributed by atoms with Crippen LogP contribution in [-0.2, 0) is 4.79 Å². The van der Waals surface area contributed by atoms with Gasteiger partial charge in [0.25, 0.3) is 0 Å². The first-order valence-corrected chi connectivity index (χ1v) is 7.59. The summed E-state index contributed by atoms with van der Waals surface area (Å²) in [6.45, 7) is 4.50. The fourth-order valence-electron chi connectivity index (χ4n) is 2.84. The lowest BCUT2D eigenvalue weighted by molar-refractivity contribution is -0.124. The molecule has 1 atom stereocenters. The molecule has 0 aromatic heterocycles. The summed E-state index contributed by atoms with van der Waals surface area (Å²) < 4.78 is 13.1. The van der Waals surface area contributed by atoms with Crippen molar-refractivity contribution in [3.8, 4) is 0 Å². The van der Waals surface area contributed by atoms with Crippen molar-refractivity contribution in [2.75, 3.05) is 0 Å². The molecule has 0 heterocycles. The summed E-state index contributed by atoms with van der Waals surface area (Å²) in [5.41, 5.74) is 0.803. The van der Waals surface area contributed by atoms with Gasteiger partial charge in [0.2, 0.25) is 5.91 Å². The molecule has 2 rings (SSSR count). The topological polar surface area (TPSA) is 49.3 Å². The van der Waals surface area contributed by atoms with Crippen molar-refractivity contribution in [3.05, 3.63) is 35.6 Å². The van der Waals surface area contributed by atoms with Gasteiger partial charge in [0.1, 0.15) is 5.82 Å². The van der Waals surface area contributed by atoms with Crippen molar-refractivity contribution in [2.24, 2.45) is 5.41 Å². The Morgan fingerprint density at radius 2 is 2.10 bits per heavy atom. The number of halogens is 1. The van der Waals surface area contributed by atoms with Gasteiger partial charge in [-0.3, -0.25) is 4.79 Å². The van der Waals surface area contributed by atoms with Gasteiger partial charge in [-0.15, -0.1) is 0 Å². The first-order valence-electron chi connectivity index (χ1n) is 7.59. The van der Waals surface area contributed by atoms with Gasteiger partial charge in [-0.25, -0.2) is 4.39 Å². The number of nitrogens with one attached hydrogen (secondary N) is 1. The summed E-state index contributed by atoms with van der Waals surface area (Å²) in [6, 6.07) is 5.95. The summed E-state index contributed by atoms with van der Waals surface area (Å²) in [5.74, 6) is -0.571. The molecule has 1 unspecified atom stereocenters. The summed E-state index contributed by atoms with van der Waals surface area (Å²) >= 11 is 0. The van der Waals surface area contributed by atoms with E-state index in [1.54, 1.807) is 6.07 Å². The minimum atomic E-state index is -0.958. The van der Waals surface area contributed by atoms with E-state index < -0.39 is 11.9 Å². The quantitative estimate of drug-likeness (QED) is 0.894. The number of hydrogen-bond donors (Lipinski definition) is 2. The maximum Gasteiger partial charge on any atom is 0.223 e. The van der Waals surface area contributed by atoms with Crippen LogP contribution in [0.1, 0.15) is 57.6 Å². The zero-order valence-corrected chi connectivity index (χ0v) is 12.7. The molecular weight excluding hydrogens is 269 g/mol. The fourth-order valence-corrected chi connectivity index (χ4v) is 2.84. The molecule has 116 valence electrons. The van der Waals surface area contributed by atoms with Crippen LogP contribution in [0.15, 0.2) is 24.3 Å². The molecule has 21 heavy (non-hydrogen) atoms. The van der Waals surface area contributed by atoms with Crippen molar-refractivity contribution in [1.82, 2.24) is 5.32 Å². The Kier molecular flexibility index (Phi) is 4.99. The molecular formula is C17H24FNO2. The van der Waals surface area contributed by atoms with Gasteiger partial charge in [0, 0.05) is 6.04 Å². The van der Waals surface area contributed by atoms with E-state index in [9.17, 15) is 14.3 Å². The Bertz CT molecular complexity index is 491.